The third-order valence-corrected chi connectivity index (χ3v) is 7.40. The van der Waals surface area contributed by atoms with Crippen molar-refractivity contribution in [3.63, 3.8) is 0 Å². The van der Waals surface area contributed by atoms with Gasteiger partial charge in [0, 0.05) is 62.5 Å². The number of anilines is 2. The second-order valence-corrected chi connectivity index (χ2v) is 10.1. The molecular formula is C29H33N7O4. The number of nitriles is 1. The first-order valence-corrected chi connectivity index (χ1v) is 13.5. The lowest BCUT2D eigenvalue weighted by Gasteiger charge is -2.35. The van der Waals surface area contributed by atoms with Crippen LogP contribution in [0.5, 0.6) is 5.75 Å². The number of piperazine rings is 1. The summed E-state index contributed by atoms with van der Waals surface area (Å²) >= 11 is 0. The topological polar surface area (TPSA) is 128 Å². The van der Waals surface area contributed by atoms with E-state index in [-0.39, 0.29) is 11.5 Å². The number of nitrogens with zero attached hydrogens (tertiary/aromatic N) is 6. The van der Waals surface area contributed by atoms with Gasteiger partial charge >= 0.3 is 0 Å². The van der Waals surface area contributed by atoms with Crippen LogP contribution in [0.3, 0.4) is 0 Å². The molecule has 0 unspecified atom stereocenters. The molecule has 11 nitrogen and oxygen atoms in total. The van der Waals surface area contributed by atoms with Gasteiger partial charge in [0.15, 0.2) is 0 Å². The molecule has 0 saturated carbocycles. The first-order valence-electron chi connectivity index (χ1n) is 13.5. The molecule has 11 heteroatoms. The van der Waals surface area contributed by atoms with Crippen molar-refractivity contribution in [2.24, 2.45) is 5.92 Å². The van der Waals surface area contributed by atoms with Crippen molar-refractivity contribution in [2.45, 2.75) is 13.3 Å². The highest BCUT2D eigenvalue weighted by molar-refractivity contribution is 5.94. The molecule has 2 fully saturated rings. The first-order chi connectivity index (χ1) is 19.5. The molecule has 0 bridgehead atoms. The minimum atomic E-state index is -0.153. The van der Waals surface area contributed by atoms with Crippen LogP contribution in [0, 0.1) is 24.2 Å². The van der Waals surface area contributed by atoms with Gasteiger partial charge in [-0.05, 0) is 43.7 Å². The quantitative estimate of drug-likeness (QED) is 0.404. The van der Waals surface area contributed by atoms with Gasteiger partial charge in [-0.3, -0.25) is 9.59 Å². The van der Waals surface area contributed by atoms with Crippen molar-refractivity contribution >= 4 is 17.4 Å². The lowest BCUT2D eigenvalue weighted by Crippen LogP contribution is -2.49. The Morgan fingerprint density at radius 1 is 1.10 bits per heavy atom. The average Bonchev–Trinajstić information content (AvgIpc) is 3.47. The monoisotopic (exact) mass is 543 g/mol. The van der Waals surface area contributed by atoms with Gasteiger partial charge in [0.2, 0.25) is 0 Å². The fourth-order valence-corrected chi connectivity index (χ4v) is 5.10. The summed E-state index contributed by atoms with van der Waals surface area (Å²) < 4.78 is 11.7. The largest absolute Gasteiger partial charge is 0.491 e. The number of hydrogen-bond donors (Lipinski definition) is 1. The number of benzene rings is 1. The van der Waals surface area contributed by atoms with Crippen LogP contribution in [0.25, 0.3) is 0 Å². The zero-order valence-electron chi connectivity index (χ0n) is 22.6. The number of hydrogen-bond acceptors (Lipinski definition) is 9. The Morgan fingerprint density at radius 2 is 1.95 bits per heavy atom. The van der Waals surface area contributed by atoms with E-state index in [1.807, 2.05) is 36.1 Å². The number of nitrogens with one attached hydrogen (secondary N) is 1. The molecule has 2 aliphatic heterocycles. The number of aromatic nitrogens is 3. The minimum Gasteiger partial charge on any atom is -0.491 e. The summed E-state index contributed by atoms with van der Waals surface area (Å²) in [6.45, 7) is 7.52. The Bertz CT molecular complexity index is 1410. The van der Waals surface area contributed by atoms with E-state index in [0.717, 1.165) is 31.0 Å². The molecule has 0 radical (unpaired) electrons. The molecule has 3 aromatic rings. The summed E-state index contributed by atoms with van der Waals surface area (Å²) in [7, 11) is 0. The zero-order valence-corrected chi connectivity index (χ0v) is 22.6. The SMILES string of the molecule is Cc1c(N2CC[C@@H](COCCOc3cccc(C(=O)N4CCN(c5ccc(C#N)cn5)CC4)c3)C2)cn[nH]c1=O. The van der Waals surface area contributed by atoms with E-state index < -0.39 is 0 Å². The van der Waals surface area contributed by atoms with Crippen LogP contribution in [0.2, 0.25) is 0 Å². The smallest absolute Gasteiger partial charge is 0.269 e. The third-order valence-electron chi connectivity index (χ3n) is 7.40. The zero-order chi connectivity index (χ0) is 27.9. The first kappa shape index (κ1) is 27.1. The van der Waals surface area contributed by atoms with Crippen molar-refractivity contribution in [1.29, 1.82) is 5.26 Å². The van der Waals surface area contributed by atoms with E-state index >= 15 is 0 Å². The highest BCUT2D eigenvalue weighted by atomic mass is 16.5. The van der Waals surface area contributed by atoms with Gasteiger partial charge in [-0.25, -0.2) is 10.1 Å². The van der Waals surface area contributed by atoms with Crippen LogP contribution in [0.4, 0.5) is 11.5 Å². The van der Waals surface area contributed by atoms with E-state index in [9.17, 15) is 9.59 Å². The summed E-state index contributed by atoms with van der Waals surface area (Å²) in [5, 5.41) is 15.4. The number of H-pyrrole nitrogens is 1. The highest BCUT2D eigenvalue weighted by Crippen LogP contribution is 2.24. The van der Waals surface area contributed by atoms with Crippen molar-refractivity contribution in [1.82, 2.24) is 20.1 Å². The number of aromatic amines is 1. The van der Waals surface area contributed by atoms with Crippen LogP contribution >= 0.6 is 0 Å². The van der Waals surface area contributed by atoms with E-state index in [4.69, 9.17) is 14.7 Å². The molecule has 1 atom stereocenters. The van der Waals surface area contributed by atoms with E-state index in [1.54, 1.807) is 24.5 Å². The summed E-state index contributed by atoms with van der Waals surface area (Å²) in [5.41, 5.74) is 2.55. The fraction of sp³-hybridized carbons (Fsp3) is 0.414. The standard InChI is InChI=1S/C29H33N7O4/c1-21-26(18-32-33-28(21)37)36-8-7-23(19-36)20-39-13-14-40-25-4-2-3-24(15-25)29(38)35-11-9-34(10-12-35)27-6-5-22(16-30)17-31-27/h2-6,15,17-18,23H,7-14,19-20H2,1H3,(H,33,37)/t23-/m1/s1. The van der Waals surface area contributed by atoms with Gasteiger partial charge in [0.25, 0.3) is 11.5 Å². The summed E-state index contributed by atoms with van der Waals surface area (Å²) in [6.07, 6.45) is 4.28. The molecule has 1 aromatic carbocycles. The van der Waals surface area contributed by atoms with Crippen molar-refractivity contribution in [3.8, 4) is 11.8 Å². The normalized spacial score (nSPS) is 17.1. The van der Waals surface area contributed by atoms with Crippen molar-refractivity contribution in [2.75, 3.05) is 68.9 Å². The summed E-state index contributed by atoms with van der Waals surface area (Å²) in [6, 6.07) is 12.9. The maximum Gasteiger partial charge on any atom is 0.269 e. The number of pyridine rings is 1. The highest BCUT2D eigenvalue weighted by Gasteiger charge is 2.25. The van der Waals surface area contributed by atoms with E-state index in [1.165, 1.54) is 0 Å². The van der Waals surface area contributed by atoms with E-state index in [0.29, 0.717) is 74.4 Å². The van der Waals surface area contributed by atoms with Crippen LogP contribution in [0.1, 0.15) is 27.9 Å². The second kappa shape index (κ2) is 12.6. The molecule has 4 heterocycles. The molecule has 0 spiro atoms. The van der Waals surface area contributed by atoms with Crippen molar-refractivity contribution in [3.05, 3.63) is 75.8 Å². The summed E-state index contributed by atoms with van der Waals surface area (Å²) in [5.74, 6) is 1.81. The van der Waals surface area contributed by atoms with E-state index in [2.05, 4.69) is 31.1 Å². The lowest BCUT2D eigenvalue weighted by atomic mass is 10.1. The molecule has 2 aliphatic rings. The molecule has 1 amide bonds. The number of ether oxygens (including phenoxy) is 2. The van der Waals surface area contributed by atoms with Crippen LogP contribution < -0.4 is 20.1 Å². The molecule has 1 N–H and O–H groups in total. The van der Waals surface area contributed by atoms with Gasteiger partial charge in [0.1, 0.15) is 24.2 Å². The van der Waals surface area contributed by atoms with Gasteiger partial charge in [0.05, 0.1) is 30.7 Å². The molecule has 40 heavy (non-hydrogen) atoms. The van der Waals surface area contributed by atoms with Gasteiger partial charge in [-0.1, -0.05) is 6.07 Å². The predicted molar refractivity (Wildman–Crippen MR) is 150 cm³/mol. The molecule has 208 valence electrons. The van der Waals surface area contributed by atoms with Crippen LogP contribution in [0.15, 0.2) is 53.6 Å². The molecular weight excluding hydrogens is 510 g/mol. The van der Waals surface area contributed by atoms with Gasteiger partial charge < -0.3 is 24.2 Å². The molecule has 0 aliphatic carbocycles. The predicted octanol–water partition coefficient (Wildman–Crippen LogP) is 2.23. The Morgan fingerprint density at radius 3 is 2.73 bits per heavy atom. The Labute approximate surface area is 232 Å². The molecule has 5 rings (SSSR count). The Hall–Kier alpha value is -4.43. The fourth-order valence-electron chi connectivity index (χ4n) is 5.10. The minimum absolute atomic E-state index is 0.0224. The second-order valence-electron chi connectivity index (χ2n) is 10.1. The number of carbonyl (C=O) groups is 1. The van der Waals surface area contributed by atoms with Gasteiger partial charge in [-0.2, -0.15) is 10.4 Å². The Balaban J connectivity index is 1.03. The lowest BCUT2D eigenvalue weighted by molar-refractivity contribution is 0.0742. The maximum atomic E-state index is 13.1. The number of carbonyl (C=O) groups excluding carboxylic acids is 1. The Kier molecular flexibility index (Phi) is 8.56. The summed E-state index contributed by atoms with van der Waals surface area (Å²) in [4.78, 5) is 35.5. The molecule has 2 aromatic heterocycles. The van der Waals surface area contributed by atoms with Crippen LogP contribution in [-0.2, 0) is 4.74 Å². The number of rotatable bonds is 9. The van der Waals surface area contributed by atoms with Crippen molar-refractivity contribution < 1.29 is 14.3 Å². The van der Waals surface area contributed by atoms with Crippen LogP contribution in [-0.4, -0.2) is 85.1 Å². The molecule has 2 saturated heterocycles. The van der Waals surface area contributed by atoms with Gasteiger partial charge in [-0.15, -0.1) is 0 Å². The average molecular weight is 544 g/mol. The third kappa shape index (κ3) is 6.40. The number of amides is 1. The maximum absolute atomic E-state index is 13.1.